The summed E-state index contributed by atoms with van der Waals surface area (Å²) in [6.07, 6.45) is 0.864. The Bertz CT molecular complexity index is 422. The van der Waals surface area contributed by atoms with E-state index in [1.165, 1.54) is 6.07 Å². The molecule has 4 heteroatoms. The van der Waals surface area contributed by atoms with Gasteiger partial charge < -0.3 is 10.6 Å². The summed E-state index contributed by atoms with van der Waals surface area (Å²) in [5.41, 5.74) is 6.72. The number of amides is 1. The molecule has 0 aliphatic rings. The molecule has 1 rings (SSSR count). The van der Waals surface area contributed by atoms with Gasteiger partial charge in [-0.1, -0.05) is 6.92 Å². The number of carbonyl (C=O) groups is 1. The summed E-state index contributed by atoms with van der Waals surface area (Å²) in [6, 6.07) is 2.94. The third-order valence-electron chi connectivity index (χ3n) is 3.36. The van der Waals surface area contributed by atoms with Crippen LogP contribution >= 0.6 is 0 Å². The zero-order valence-corrected chi connectivity index (χ0v) is 11.5. The van der Waals surface area contributed by atoms with Crippen LogP contribution in [-0.4, -0.2) is 23.4 Å². The number of anilines is 1. The van der Waals surface area contributed by atoms with Crippen LogP contribution in [0, 0.1) is 12.7 Å². The third kappa shape index (κ3) is 2.81. The zero-order valence-electron chi connectivity index (χ0n) is 11.5. The maximum absolute atomic E-state index is 13.6. The minimum atomic E-state index is -0.432. The molecule has 1 unspecified atom stereocenters. The van der Waals surface area contributed by atoms with Crippen LogP contribution in [0.25, 0.3) is 0 Å². The average molecular weight is 252 g/mol. The van der Waals surface area contributed by atoms with E-state index in [9.17, 15) is 9.18 Å². The van der Waals surface area contributed by atoms with Crippen molar-refractivity contribution in [3.63, 3.8) is 0 Å². The number of benzene rings is 1. The lowest BCUT2D eigenvalue weighted by atomic mass is 10.1. The molecule has 1 amide bonds. The number of halogens is 1. The molecule has 1 aromatic carbocycles. The Labute approximate surface area is 108 Å². The van der Waals surface area contributed by atoms with E-state index in [2.05, 4.69) is 0 Å². The molecule has 0 saturated carbocycles. The maximum atomic E-state index is 13.6. The Balaban J connectivity index is 3.10. The Hall–Kier alpha value is -1.58. The normalized spacial score (nSPS) is 12.3. The second kappa shape index (κ2) is 5.85. The van der Waals surface area contributed by atoms with E-state index in [0.29, 0.717) is 23.4 Å². The van der Waals surface area contributed by atoms with Crippen LogP contribution in [-0.2, 0) is 0 Å². The Morgan fingerprint density at radius 3 is 2.50 bits per heavy atom. The van der Waals surface area contributed by atoms with Crippen LogP contribution in [0.5, 0.6) is 0 Å². The van der Waals surface area contributed by atoms with Gasteiger partial charge in [-0.2, -0.15) is 0 Å². The first-order valence-electron chi connectivity index (χ1n) is 6.28. The maximum Gasteiger partial charge on any atom is 0.254 e. The minimum Gasteiger partial charge on any atom is -0.398 e. The van der Waals surface area contributed by atoms with E-state index in [1.54, 1.807) is 17.9 Å². The highest BCUT2D eigenvalue weighted by molar-refractivity contribution is 5.95. The lowest BCUT2D eigenvalue weighted by Crippen LogP contribution is -2.38. The summed E-state index contributed by atoms with van der Waals surface area (Å²) in [6.45, 7) is 8.12. The van der Waals surface area contributed by atoms with Crippen molar-refractivity contribution in [2.24, 2.45) is 0 Å². The van der Waals surface area contributed by atoms with E-state index in [1.807, 2.05) is 20.8 Å². The fourth-order valence-electron chi connectivity index (χ4n) is 1.87. The minimum absolute atomic E-state index is 0.132. The first-order valence-corrected chi connectivity index (χ1v) is 6.28. The van der Waals surface area contributed by atoms with Crippen molar-refractivity contribution in [2.75, 3.05) is 12.3 Å². The van der Waals surface area contributed by atoms with Gasteiger partial charge in [0.1, 0.15) is 5.82 Å². The van der Waals surface area contributed by atoms with Crippen molar-refractivity contribution in [1.29, 1.82) is 0 Å². The molecular formula is C14H21FN2O. The molecule has 0 aromatic heterocycles. The van der Waals surface area contributed by atoms with Gasteiger partial charge in [0.05, 0.1) is 0 Å². The van der Waals surface area contributed by atoms with Crippen LogP contribution in [0.4, 0.5) is 10.1 Å². The number of hydrogen-bond acceptors (Lipinski definition) is 2. The van der Waals surface area contributed by atoms with E-state index in [4.69, 9.17) is 5.73 Å². The molecular weight excluding hydrogens is 231 g/mol. The van der Waals surface area contributed by atoms with E-state index >= 15 is 0 Å². The monoisotopic (exact) mass is 252 g/mol. The summed E-state index contributed by atoms with van der Waals surface area (Å²) in [7, 11) is 0. The Morgan fingerprint density at radius 2 is 2.06 bits per heavy atom. The largest absolute Gasteiger partial charge is 0.398 e. The molecule has 18 heavy (non-hydrogen) atoms. The van der Waals surface area contributed by atoms with E-state index < -0.39 is 5.82 Å². The van der Waals surface area contributed by atoms with Crippen LogP contribution in [0.2, 0.25) is 0 Å². The second-order valence-corrected chi connectivity index (χ2v) is 4.52. The molecule has 0 radical (unpaired) electrons. The highest BCUT2D eigenvalue weighted by Crippen LogP contribution is 2.19. The van der Waals surface area contributed by atoms with Gasteiger partial charge >= 0.3 is 0 Å². The predicted molar refractivity (Wildman–Crippen MR) is 72.0 cm³/mol. The number of nitrogens with zero attached hydrogens (tertiary/aromatic N) is 1. The van der Waals surface area contributed by atoms with Crippen LogP contribution < -0.4 is 5.73 Å². The molecule has 2 N–H and O–H groups in total. The standard InChI is InChI=1S/C14H21FN2O/c1-5-9(3)17(6-2)14(18)11-7-12(15)10(4)13(16)8-11/h7-9H,5-6,16H2,1-4H3. The number of rotatable bonds is 4. The lowest BCUT2D eigenvalue weighted by Gasteiger charge is -2.27. The van der Waals surface area contributed by atoms with Gasteiger partial charge in [0.25, 0.3) is 5.91 Å². The van der Waals surface area contributed by atoms with Crippen molar-refractivity contribution in [3.05, 3.63) is 29.1 Å². The summed E-state index contributed by atoms with van der Waals surface area (Å²) >= 11 is 0. The summed E-state index contributed by atoms with van der Waals surface area (Å²) in [5.74, 6) is -0.601. The molecule has 0 bridgehead atoms. The number of nitrogens with two attached hydrogens (primary N) is 1. The highest BCUT2D eigenvalue weighted by atomic mass is 19.1. The van der Waals surface area contributed by atoms with Crippen LogP contribution in [0.15, 0.2) is 12.1 Å². The van der Waals surface area contributed by atoms with Gasteiger partial charge in [-0.25, -0.2) is 4.39 Å². The van der Waals surface area contributed by atoms with Gasteiger partial charge in [0.2, 0.25) is 0 Å². The number of carbonyl (C=O) groups excluding carboxylic acids is 1. The predicted octanol–water partition coefficient (Wildman–Crippen LogP) is 2.98. The molecule has 1 aromatic rings. The molecule has 0 aliphatic heterocycles. The summed E-state index contributed by atoms with van der Waals surface area (Å²) in [5, 5.41) is 0. The highest BCUT2D eigenvalue weighted by Gasteiger charge is 2.20. The topological polar surface area (TPSA) is 46.3 Å². The summed E-state index contributed by atoms with van der Waals surface area (Å²) < 4.78 is 13.6. The van der Waals surface area contributed by atoms with Gasteiger partial charge in [-0.05, 0) is 39.3 Å². The van der Waals surface area contributed by atoms with Crippen LogP contribution in [0.1, 0.15) is 43.1 Å². The number of hydrogen-bond donors (Lipinski definition) is 1. The molecule has 1 atom stereocenters. The Morgan fingerprint density at radius 1 is 1.44 bits per heavy atom. The van der Waals surface area contributed by atoms with Crippen molar-refractivity contribution >= 4 is 11.6 Å². The molecule has 0 heterocycles. The van der Waals surface area contributed by atoms with E-state index in [0.717, 1.165) is 6.42 Å². The summed E-state index contributed by atoms with van der Waals surface area (Å²) in [4.78, 5) is 14.0. The third-order valence-corrected chi connectivity index (χ3v) is 3.36. The SMILES string of the molecule is CCC(C)N(CC)C(=O)c1cc(N)c(C)c(F)c1. The second-order valence-electron chi connectivity index (χ2n) is 4.52. The molecule has 0 saturated heterocycles. The molecule has 100 valence electrons. The Kier molecular flexibility index (Phi) is 4.70. The van der Waals surface area contributed by atoms with E-state index in [-0.39, 0.29) is 11.9 Å². The van der Waals surface area contributed by atoms with Gasteiger partial charge in [-0.3, -0.25) is 4.79 Å². The lowest BCUT2D eigenvalue weighted by molar-refractivity contribution is 0.0699. The smallest absolute Gasteiger partial charge is 0.254 e. The first-order chi connectivity index (χ1) is 8.42. The molecule has 0 spiro atoms. The van der Waals surface area contributed by atoms with Gasteiger partial charge in [-0.15, -0.1) is 0 Å². The van der Waals surface area contributed by atoms with Crippen molar-refractivity contribution < 1.29 is 9.18 Å². The molecule has 0 aliphatic carbocycles. The van der Waals surface area contributed by atoms with Gasteiger partial charge in [0, 0.05) is 29.4 Å². The van der Waals surface area contributed by atoms with Crippen molar-refractivity contribution in [2.45, 2.75) is 40.2 Å². The van der Waals surface area contributed by atoms with Crippen molar-refractivity contribution in [1.82, 2.24) is 4.90 Å². The quantitative estimate of drug-likeness (QED) is 0.837. The van der Waals surface area contributed by atoms with Gasteiger partial charge in [0.15, 0.2) is 0 Å². The van der Waals surface area contributed by atoms with Crippen molar-refractivity contribution in [3.8, 4) is 0 Å². The fourth-order valence-corrected chi connectivity index (χ4v) is 1.87. The fraction of sp³-hybridized carbons (Fsp3) is 0.500. The molecule has 3 nitrogen and oxygen atoms in total. The molecule has 0 fully saturated rings. The first kappa shape index (κ1) is 14.5. The number of nitrogen functional groups attached to an aromatic ring is 1. The zero-order chi connectivity index (χ0) is 13.9. The van der Waals surface area contributed by atoms with Crippen LogP contribution in [0.3, 0.4) is 0 Å². The average Bonchev–Trinajstić information content (AvgIpc) is 2.35.